The molecule has 0 saturated carbocycles. The van der Waals surface area contributed by atoms with Crippen molar-refractivity contribution in [3.8, 4) is 0 Å². The minimum atomic E-state index is -4.76. The second-order valence-corrected chi connectivity index (χ2v) is 6.04. The molecule has 0 bridgehead atoms. The number of rotatable bonds is 4. The molecular formula is C11H16BrF3N2O3. The zero-order valence-electron chi connectivity index (χ0n) is 11.2. The zero-order valence-corrected chi connectivity index (χ0v) is 12.8. The molecule has 0 spiro atoms. The van der Waals surface area contributed by atoms with Gasteiger partial charge in [0.05, 0.1) is 24.9 Å². The van der Waals surface area contributed by atoms with Crippen molar-refractivity contribution in [3.63, 3.8) is 0 Å². The number of aliphatic hydroxyl groups excluding tert-OH is 1. The van der Waals surface area contributed by atoms with E-state index in [-0.39, 0.29) is 13.2 Å². The molecular weight excluding hydrogens is 345 g/mol. The van der Waals surface area contributed by atoms with Crippen molar-refractivity contribution >= 4 is 15.9 Å². The van der Waals surface area contributed by atoms with E-state index >= 15 is 0 Å². The molecule has 0 amide bonds. The minimum absolute atomic E-state index is 0.0580. The quantitative estimate of drug-likeness (QED) is 0.864. The summed E-state index contributed by atoms with van der Waals surface area (Å²) in [6.07, 6.45) is -5.81. The fourth-order valence-corrected chi connectivity index (χ4v) is 2.08. The van der Waals surface area contributed by atoms with Crippen molar-refractivity contribution in [3.05, 3.63) is 20.5 Å². The van der Waals surface area contributed by atoms with Crippen molar-refractivity contribution in [1.29, 1.82) is 0 Å². The van der Waals surface area contributed by atoms with Crippen molar-refractivity contribution in [2.24, 2.45) is 0 Å². The Hall–Kier alpha value is -0.800. The maximum absolute atomic E-state index is 12.6. The summed E-state index contributed by atoms with van der Waals surface area (Å²) in [5, 5.41) is 11.7. The van der Waals surface area contributed by atoms with Crippen LogP contribution < -0.4 is 5.56 Å². The summed E-state index contributed by atoms with van der Waals surface area (Å²) < 4.78 is 43.6. The van der Waals surface area contributed by atoms with Gasteiger partial charge >= 0.3 is 6.18 Å². The Balaban J connectivity index is 2.82. The van der Waals surface area contributed by atoms with Gasteiger partial charge in [0.15, 0.2) is 5.56 Å². The van der Waals surface area contributed by atoms with Gasteiger partial charge in [0.2, 0.25) is 0 Å². The molecule has 20 heavy (non-hydrogen) atoms. The topological polar surface area (TPSA) is 67.2 Å². The number of aliphatic hydroxyl groups is 1. The van der Waals surface area contributed by atoms with E-state index in [0.717, 1.165) is 4.68 Å². The van der Waals surface area contributed by atoms with E-state index in [2.05, 4.69) is 15.9 Å². The number of aromatic amines is 1. The predicted molar refractivity (Wildman–Crippen MR) is 69.5 cm³/mol. The third-order valence-electron chi connectivity index (χ3n) is 2.29. The Labute approximate surface area is 121 Å². The second-order valence-electron chi connectivity index (χ2n) is 5.29. The van der Waals surface area contributed by atoms with Gasteiger partial charge in [-0.2, -0.15) is 13.2 Å². The Bertz CT molecular complexity index is 516. The van der Waals surface area contributed by atoms with Crippen LogP contribution >= 0.6 is 15.9 Å². The Morgan fingerprint density at radius 3 is 2.35 bits per heavy atom. The predicted octanol–water partition coefficient (Wildman–Crippen LogP) is 2.13. The van der Waals surface area contributed by atoms with Crippen LogP contribution in [0.25, 0.3) is 0 Å². The van der Waals surface area contributed by atoms with Crippen LogP contribution in [-0.4, -0.2) is 33.2 Å². The molecule has 2 N–H and O–H groups in total. The summed E-state index contributed by atoms with van der Waals surface area (Å²) in [7, 11) is 0. The van der Waals surface area contributed by atoms with Gasteiger partial charge in [-0.3, -0.25) is 14.6 Å². The first-order valence-electron chi connectivity index (χ1n) is 5.79. The van der Waals surface area contributed by atoms with Gasteiger partial charge in [0, 0.05) is 0 Å². The number of nitrogens with one attached hydrogen (secondary N) is 1. The van der Waals surface area contributed by atoms with E-state index < -0.39 is 33.6 Å². The second kappa shape index (κ2) is 5.90. The first kappa shape index (κ1) is 17.3. The first-order chi connectivity index (χ1) is 8.92. The largest absolute Gasteiger partial charge is 0.424 e. The minimum Gasteiger partial charge on any atom is -0.389 e. The lowest BCUT2D eigenvalue weighted by atomic mass is 10.2. The molecule has 0 aliphatic rings. The molecule has 1 unspecified atom stereocenters. The summed E-state index contributed by atoms with van der Waals surface area (Å²) >= 11 is 2.72. The summed E-state index contributed by atoms with van der Waals surface area (Å²) in [6.45, 7) is 5.08. The van der Waals surface area contributed by atoms with E-state index in [1.807, 2.05) is 5.10 Å². The van der Waals surface area contributed by atoms with E-state index in [1.165, 1.54) is 0 Å². The number of hydrogen-bond donors (Lipinski definition) is 2. The average Bonchev–Trinajstić information content (AvgIpc) is 2.49. The Morgan fingerprint density at radius 2 is 1.95 bits per heavy atom. The maximum Gasteiger partial charge on any atom is 0.424 e. The number of hydrogen-bond acceptors (Lipinski definition) is 3. The molecule has 116 valence electrons. The number of aromatic nitrogens is 2. The Kier molecular flexibility index (Phi) is 5.09. The normalized spacial score (nSPS) is 14.6. The van der Waals surface area contributed by atoms with Crippen molar-refractivity contribution < 1.29 is 23.0 Å². The lowest BCUT2D eigenvalue weighted by Crippen LogP contribution is -2.29. The van der Waals surface area contributed by atoms with Crippen LogP contribution in [0.1, 0.15) is 26.3 Å². The van der Waals surface area contributed by atoms with Gasteiger partial charge in [0.1, 0.15) is 4.60 Å². The highest BCUT2D eigenvalue weighted by Crippen LogP contribution is 2.32. The molecule has 1 heterocycles. The van der Waals surface area contributed by atoms with Crippen LogP contribution in [0, 0.1) is 0 Å². The smallest absolute Gasteiger partial charge is 0.389 e. The number of ether oxygens (including phenoxy) is 1. The maximum atomic E-state index is 12.6. The molecule has 0 aliphatic carbocycles. The lowest BCUT2D eigenvalue weighted by Gasteiger charge is -2.22. The fraction of sp³-hybridized carbons (Fsp3) is 0.727. The molecule has 0 aromatic carbocycles. The molecule has 1 rings (SSSR count). The van der Waals surface area contributed by atoms with E-state index in [9.17, 15) is 23.1 Å². The fourth-order valence-electron chi connectivity index (χ4n) is 1.44. The highest BCUT2D eigenvalue weighted by atomic mass is 79.9. The monoisotopic (exact) mass is 360 g/mol. The van der Waals surface area contributed by atoms with Gasteiger partial charge in [-0.15, -0.1) is 0 Å². The lowest BCUT2D eigenvalue weighted by molar-refractivity contribution is -0.139. The third-order valence-corrected chi connectivity index (χ3v) is 3.12. The van der Waals surface area contributed by atoms with Crippen molar-refractivity contribution in [2.75, 3.05) is 6.61 Å². The average molecular weight is 361 g/mol. The summed E-state index contributed by atoms with van der Waals surface area (Å²) in [4.78, 5) is 11.3. The highest BCUT2D eigenvalue weighted by molar-refractivity contribution is 9.10. The number of nitrogens with zero attached hydrogens (tertiary/aromatic N) is 1. The van der Waals surface area contributed by atoms with Gasteiger partial charge in [0.25, 0.3) is 5.56 Å². The van der Waals surface area contributed by atoms with E-state index in [1.54, 1.807) is 20.8 Å². The molecule has 0 aliphatic heterocycles. The number of H-pyrrole nitrogens is 1. The summed E-state index contributed by atoms with van der Waals surface area (Å²) in [6, 6.07) is 0. The first-order valence-corrected chi connectivity index (χ1v) is 6.58. The summed E-state index contributed by atoms with van der Waals surface area (Å²) in [5.74, 6) is 0. The van der Waals surface area contributed by atoms with Crippen LogP contribution in [0.15, 0.2) is 9.40 Å². The molecule has 0 saturated heterocycles. The molecule has 9 heteroatoms. The Morgan fingerprint density at radius 1 is 1.40 bits per heavy atom. The van der Waals surface area contributed by atoms with Crippen LogP contribution in [0.3, 0.4) is 0 Å². The zero-order chi connectivity index (χ0) is 15.7. The third kappa shape index (κ3) is 4.64. The molecule has 0 fully saturated rings. The molecule has 5 nitrogen and oxygen atoms in total. The standard InChI is InChI=1S/C11H16BrF3N2O3/c1-10(2,3)20-5-6(18)4-17-8(12)7(9(19)16-17)11(13,14)15/h6,18H,4-5H2,1-3H3,(H,16,19). The summed E-state index contributed by atoms with van der Waals surface area (Å²) in [5.41, 5.74) is -3.05. The van der Waals surface area contributed by atoms with Crippen LogP contribution in [0.4, 0.5) is 13.2 Å². The number of halogens is 4. The van der Waals surface area contributed by atoms with Crippen LogP contribution in [0.5, 0.6) is 0 Å². The van der Waals surface area contributed by atoms with Gasteiger partial charge in [-0.05, 0) is 36.7 Å². The highest BCUT2D eigenvalue weighted by Gasteiger charge is 2.39. The van der Waals surface area contributed by atoms with Crippen LogP contribution in [-0.2, 0) is 17.5 Å². The van der Waals surface area contributed by atoms with Gasteiger partial charge < -0.3 is 9.84 Å². The number of alkyl halides is 3. The van der Waals surface area contributed by atoms with Crippen LogP contribution in [0.2, 0.25) is 0 Å². The molecule has 1 aromatic heterocycles. The molecule has 1 atom stereocenters. The van der Waals surface area contributed by atoms with E-state index in [4.69, 9.17) is 4.74 Å². The SMILES string of the molecule is CC(C)(C)OCC(O)Cn1[nH]c(=O)c(C(F)(F)F)c1Br. The van der Waals surface area contributed by atoms with Crippen molar-refractivity contribution in [2.45, 2.75) is 45.2 Å². The van der Waals surface area contributed by atoms with Gasteiger partial charge in [-0.1, -0.05) is 0 Å². The van der Waals surface area contributed by atoms with Gasteiger partial charge in [-0.25, -0.2) is 0 Å². The molecule has 1 aromatic rings. The van der Waals surface area contributed by atoms with E-state index in [0.29, 0.717) is 0 Å². The van der Waals surface area contributed by atoms with Crippen molar-refractivity contribution in [1.82, 2.24) is 9.78 Å². The molecule has 0 radical (unpaired) electrons.